The molecule has 2 aromatic heterocycles. The highest BCUT2D eigenvalue weighted by Gasteiger charge is 2.19. The van der Waals surface area contributed by atoms with Gasteiger partial charge in [0.05, 0.1) is 20.5 Å². The van der Waals surface area contributed by atoms with E-state index >= 15 is 0 Å². The summed E-state index contributed by atoms with van der Waals surface area (Å²) in [5, 5.41) is 8.97. The first-order valence-corrected chi connectivity index (χ1v) is 10.2. The fourth-order valence-electron chi connectivity index (χ4n) is 2.43. The molecule has 26 heavy (non-hydrogen) atoms. The molecule has 0 N–H and O–H groups in total. The smallest absolute Gasteiger partial charge is 0.191 e. The molecule has 0 saturated heterocycles. The maximum absolute atomic E-state index is 14.2. The fraction of sp³-hybridized carbons (Fsp3) is 0.278. The lowest BCUT2D eigenvalue weighted by Crippen LogP contribution is -2.09. The Hall–Kier alpha value is -1.70. The van der Waals surface area contributed by atoms with Crippen LogP contribution < -0.4 is 0 Å². The second-order valence-corrected chi connectivity index (χ2v) is 8.76. The van der Waals surface area contributed by atoms with Crippen LogP contribution in [0.3, 0.4) is 0 Å². The van der Waals surface area contributed by atoms with Crippen LogP contribution in [-0.2, 0) is 6.54 Å². The lowest BCUT2D eigenvalue weighted by molar-refractivity contribution is 0.102. The number of aromatic nitrogens is 3. The van der Waals surface area contributed by atoms with Crippen molar-refractivity contribution in [1.82, 2.24) is 14.8 Å². The van der Waals surface area contributed by atoms with E-state index in [1.54, 1.807) is 30.3 Å². The molecule has 0 aliphatic heterocycles. The zero-order valence-corrected chi connectivity index (χ0v) is 16.7. The minimum atomic E-state index is -0.342. The highest BCUT2D eigenvalue weighted by atomic mass is 35.5. The van der Waals surface area contributed by atoms with Crippen LogP contribution in [-0.4, -0.2) is 26.3 Å². The summed E-state index contributed by atoms with van der Waals surface area (Å²) in [5.74, 6) is 0.669. The van der Waals surface area contributed by atoms with E-state index in [2.05, 4.69) is 24.0 Å². The first-order chi connectivity index (χ1) is 12.5. The molecule has 0 amide bonds. The summed E-state index contributed by atoms with van der Waals surface area (Å²) in [6.07, 6.45) is 0. The van der Waals surface area contributed by atoms with Crippen LogP contribution in [0.25, 0.3) is 11.4 Å². The Labute approximate surface area is 164 Å². The number of nitrogens with zero attached hydrogens (tertiary/aromatic N) is 3. The van der Waals surface area contributed by atoms with E-state index in [9.17, 15) is 9.18 Å². The predicted molar refractivity (Wildman–Crippen MR) is 105 cm³/mol. The van der Waals surface area contributed by atoms with Crippen molar-refractivity contribution in [3.05, 3.63) is 51.4 Å². The van der Waals surface area contributed by atoms with E-state index in [0.29, 0.717) is 38.2 Å². The Kier molecular flexibility index (Phi) is 6.11. The number of halogens is 2. The molecule has 0 bridgehead atoms. The topological polar surface area (TPSA) is 47.8 Å². The van der Waals surface area contributed by atoms with E-state index in [4.69, 9.17) is 11.6 Å². The minimum absolute atomic E-state index is 0.0153. The summed E-state index contributed by atoms with van der Waals surface area (Å²) in [7, 11) is 0. The zero-order chi connectivity index (χ0) is 18.7. The van der Waals surface area contributed by atoms with Crippen LogP contribution in [0.15, 0.2) is 41.6 Å². The van der Waals surface area contributed by atoms with Crippen molar-refractivity contribution in [2.75, 3.05) is 5.75 Å². The minimum Gasteiger partial charge on any atom is -0.302 e. The summed E-state index contributed by atoms with van der Waals surface area (Å²) in [6, 6.07) is 9.93. The molecule has 0 saturated carbocycles. The number of rotatable bonds is 7. The fourth-order valence-corrected chi connectivity index (χ4v) is 4.34. The molecule has 3 rings (SSSR count). The van der Waals surface area contributed by atoms with Gasteiger partial charge in [0.1, 0.15) is 5.82 Å². The zero-order valence-electron chi connectivity index (χ0n) is 14.3. The first kappa shape index (κ1) is 19.1. The third kappa shape index (κ3) is 4.34. The van der Waals surface area contributed by atoms with E-state index in [1.807, 2.05) is 4.57 Å². The molecule has 8 heteroatoms. The standard InChI is InChI=1S/C18H17ClFN3OS2/c1-11(2)9-23-17(12-5-3-4-6-13(12)20)21-22-18(23)25-10-14(24)15-7-8-16(19)26-15/h3-8,11H,9-10H2,1-2H3. The van der Waals surface area contributed by atoms with E-state index in [-0.39, 0.29) is 17.4 Å². The van der Waals surface area contributed by atoms with Crippen LogP contribution in [0.5, 0.6) is 0 Å². The number of carbonyl (C=O) groups excluding carboxylic acids is 1. The van der Waals surface area contributed by atoms with Gasteiger partial charge in [-0.25, -0.2) is 4.39 Å². The predicted octanol–water partition coefficient (Wildman–Crippen LogP) is 5.43. The summed E-state index contributed by atoms with van der Waals surface area (Å²) in [6.45, 7) is 4.77. The van der Waals surface area contributed by atoms with Gasteiger partial charge in [0, 0.05) is 6.54 Å². The summed E-state index contributed by atoms with van der Waals surface area (Å²) in [5.41, 5.74) is 0.406. The van der Waals surface area contributed by atoms with Crippen molar-refractivity contribution in [1.29, 1.82) is 0 Å². The second kappa shape index (κ2) is 8.33. The molecule has 0 radical (unpaired) electrons. The van der Waals surface area contributed by atoms with E-state index in [1.165, 1.54) is 29.2 Å². The lowest BCUT2D eigenvalue weighted by Gasteiger charge is -2.12. The molecule has 0 spiro atoms. The molecule has 2 heterocycles. The monoisotopic (exact) mass is 409 g/mol. The van der Waals surface area contributed by atoms with Gasteiger partial charge < -0.3 is 4.57 Å². The summed E-state index contributed by atoms with van der Waals surface area (Å²) in [4.78, 5) is 12.9. The molecule has 4 nitrogen and oxygen atoms in total. The number of carbonyl (C=O) groups is 1. The Morgan fingerprint density at radius 2 is 2.04 bits per heavy atom. The number of benzene rings is 1. The molecular formula is C18H17ClFN3OS2. The molecule has 136 valence electrons. The van der Waals surface area contributed by atoms with Gasteiger partial charge in [-0.15, -0.1) is 21.5 Å². The highest BCUT2D eigenvalue weighted by Crippen LogP contribution is 2.28. The third-order valence-corrected chi connectivity index (χ3v) is 5.80. The van der Waals surface area contributed by atoms with E-state index in [0.717, 1.165) is 0 Å². The molecule has 0 fully saturated rings. The normalized spacial score (nSPS) is 11.3. The number of Topliss-reactive ketones (excluding diaryl/α,β-unsaturated/α-hetero) is 1. The number of hydrogen-bond donors (Lipinski definition) is 0. The quantitative estimate of drug-likeness (QED) is 0.385. The van der Waals surface area contributed by atoms with Crippen LogP contribution in [0.1, 0.15) is 23.5 Å². The number of ketones is 1. The van der Waals surface area contributed by atoms with Gasteiger partial charge in [0.2, 0.25) is 0 Å². The van der Waals surface area contributed by atoms with Crippen molar-refractivity contribution in [2.24, 2.45) is 5.92 Å². The average molecular weight is 410 g/mol. The SMILES string of the molecule is CC(C)Cn1c(SCC(=O)c2ccc(Cl)s2)nnc1-c1ccccc1F. The third-order valence-electron chi connectivity index (χ3n) is 3.56. The molecule has 0 unspecified atom stereocenters. The van der Waals surface area contributed by atoms with Gasteiger partial charge in [-0.1, -0.05) is 49.3 Å². The lowest BCUT2D eigenvalue weighted by atomic mass is 10.2. The molecule has 0 atom stereocenters. The molecule has 0 aliphatic carbocycles. The molecular weight excluding hydrogens is 393 g/mol. The Bertz CT molecular complexity index is 923. The van der Waals surface area contributed by atoms with Crippen molar-refractivity contribution in [2.45, 2.75) is 25.5 Å². The molecule has 0 aliphatic rings. The van der Waals surface area contributed by atoms with Gasteiger partial charge in [-0.3, -0.25) is 4.79 Å². The Morgan fingerprint density at radius 3 is 2.69 bits per heavy atom. The van der Waals surface area contributed by atoms with Crippen LogP contribution >= 0.6 is 34.7 Å². The van der Waals surface area contributed by atoms with Crippen molar-refractivity contribution < 1.29 is 9.18 Å². The summed E-state index contributed by atoms with van der Waals surface area (Å²) < 4.78 is 16.7. The Balaban J connectivity index is 1.85. The van der Waals surface area contributed by atoms with Gasteiger partial charge >= 0.3 is 0 Å². The Morgan fingerprint density at radius 1 is 1.27 bits per heavy atom. The van der Waals surface area contributed by atoms with Gasteiger partial charge in [0.15, 0.2) is 16.8 Å². The number of thioether (sulfide) groups is 1. The van der Waals surface area contributed by atoms with Crippen LogP contribution in [0, 0.1) is 11.7 Å². The van der Waals surface area contributed by atoms with Crippen molar-refractivity contribution >= 4 is 40.5 Å². The van der Waals surface area contributed by atoms with Crippen molar-refractivity contribution in [3.8, 4) is 11.4 Å². The average Bonchev–Trinajstić information content (AvgIpc) is 3.19. The highest BCUT2D eigenvalue weighted by molar-refractivity contribution is 7.99. The largest absolute Gasteiger partial charge is 0.302 e. The van der Waals surface area contributed by atoms with Crippen LogP contribution in [0.2, 0.25) is 4.34 Å². The molecule has 3 aromatic rings. The van der Waals surface area contributed by atoms with Gasteiger partial charge in [-0.2, -0.15) is 0 Å². The number of hydrogen-bond acceptors (Lipinski definition) is 5. The van der Waals surface area contributed by atoms with Crippen molar-refractivity contribution in [3.63, 3.8) is 0 Å². The van der Waals surface area contributed by atoms with Gasteiger partial charge in [-0.05, 0) is 30.2 Å². The van der Waals surface area contributed by atoms with E-state index < -0.39 is 0 Å². The maximum Gasteiger partial charge on any atom is 0.191 e. The second-order valence-electron chi connectivity index (χ2n) is 6.11. The molecule has 1 aromatic carbocycles. The first-order valence-electron chi connectivity index (χ1n) is 8.05. The van der Waals surface area contributed by atoms with Crippen LogP contribution in [0.4, 0.5) is 4.39 Å². The maximum atomic E-state index is 14.2. The number of thiophene rings is 1. The van der Waals surface area contributed by atoms with Gasteiger partial charge in [0.25, 0.3) is 0 Å². The summed E-state index contributed by atoms with van der Waals surface area (Å²) >= 11 is 8.45.